The predicted molar refractivity (Wildman–Crippen MR) is 125 cm³/mol. The van der Waals surface area contributed by atoms with Crippen LogP contribution >= 0.6 is 0 Å². The molecular formula is C23H47NO5Si. The minimum absolute atomic E-state index is 0.112. The highest BCUT2D eigenvalue weighted by Crippen LogP contribution is 2.41. The standard InChI is InChI=1S/C23H47NO5Si/c1-15(2)13-18(24-20(27)28-22(8,9)10)17(21(5,6)7)14-23(16(3)4,19(25)26)29-30(11)12/h15-18,30H,13-14H2,1-12H3,(H,24,27)(H,25,26)/t17-,18+,23+/m1/s1. The van der Waals surface area contributed by atoms with Gasteiger partial charge in [-0.15, -0.1) is 0 Å². The van der Waals surface area contributed by atoms with Crippen molar-refractivity contribution in [2.24, 2.45) is 23.2 Å². The molecule has 0 spiro atoms. The molecule has 0 unspecified atom stereocenters. The van der Waals surface area contributed by atoms with Crippen LogP contribution in [0.15, 0.2) is 0 Å². The van der Waals surface area contributed by atoms with Gasteiger partial charge in [0.1, 0.15) is 5.60 Å². The van der Waals surface area contributed by atoms with E-state index in [4.69, 9.17) is 9.16 Å². The first-order valence-electron chi connectivity index (χ1n) is 11.2. The molecular weight excluding hydrogens is 398 g/mol. The third-order valence-corrected chi connectivity index (χ3v) is 6.18. The number of hydrogen-bond acceptors (Lipinski definition) is 4. The molecule has 6 nitrogen and oxygen atoms in total. The smallest absolute Gasteiger partial charge is 0.407 e. The number of amides is 1. The van der Waals surface area contributed by atoms with E-state index in [9.17, 15) is 14.7 Å². The zero-order valence-corrected chi connectivity index (χ0v) is 22.5. The first-order valence-corrected chi connectivity index (χ1v) is 14.0. The maximum absolute atomic E-state index is 12.6. The summed E-state index contributed by atoms with van der Waals surface area (Å²) in [5.74, 6) is -0.906. The average molecular weight is 446 g/mol. The maximum atomic E-state index is 12.6. The molecule has 0 aromatic heterocycles. The van der Waals surface area contributed by atoms with Crippen LogP contribution in [0.5, 0.6) is 0 Å². The monoisotopic (exact) mass is 445 g/mol. The van der Waals surface area contributed by atoms with Crippen LogP contribution < -0.4 is 5.32 Å². The second kappa shape index (κ2) is 11.0. The largest absolute Gasteiger partial charge is 0.479 e. The van der Waals surface area contributed by atoms with Crippen molar-refractivity contribution in [1.29, 1.82) is 0 Å². The Morgan fingerprint density at radius 3 is 1.80 bits per heavy atom. The molecule has 0 bridgehead atoms. The highest BCUT2D eigenvalue weighted by Gasteiger charge is 2.49. The number of carboxylic acid groups (broad SMARTS) is 1. The summed E-state index contributed by atoms with van der Waals surface area (Å²) in [5, 5.41) is 13.3. The number of alkyl carbamates (subject to hydrolysis) is 1. The Labute approximate surface area is 186 Å². The van der Waals surface area contributed by atoms with Gasteiger partial charge in [-0.3, -0.25) is 0 Å². The highest BCUT2D eigenvalue weighted by atomic mass is 28.3. The summed E-state index contributed by atoms with van der Waals surface area (Å²) in [7, 11) is -1.63. The van der Waals surface area contributed by atoms with Gasteiger partial charge in [0.25, 0.3) is 0 Å². The number of ether oxygens (including phenoxy) is 1. The van der Waals surface area contributed by atoms with Gasteiger partial charge >= 0.3 is 12.1 Å². The Kier molecular flexibility index (Phi) is 10.6. The van der Waals surface area contributed by atoms with Crippen LogP contribution in [0.1, 0.15) is 82.1 Å². The third kappa shape index (κ3) is 9.37. The number of carbonyl (C=O) groups is 2. The van der Waals surface area contributed by atoms with E-state index in [0.717, 1.165) is 6.42 Å². The summed E-state index contributed by atoms with van der Waals surface area (Å²) < 4.78 is 11.7. The van der Waals surface area contributed by atoms with Crippen LogP contribution in [0.4, 0.5) is 4.79 Å². The Morgan fingerprint density at radius 2 is 1.50 bits per heavy atom. The van der Waals surface area contributed by atoms with Crippen molar-refractivity contribution in [2.75, 3.05) is 0 Å². The van der Waals surface area contributed by atoms with Crippen molar-refractivity contribution in [3.63, 3.8) is 0 Å². The zero-order chi connectivity index (χ0) is 24.1. The second-order valence-corrected chi connectivity index (χ2v) is 13.9. The first kappa shape index (κ1) is 28.9. The quantitative estimate of drug-likeness (QED) is 0.436. The van der Waals surface area contributed by atoms with E-state index in [1.165, 1.54) is 0 Å². The number of hydrogen-bond donors (Lipinski definition) is 2. The molecule has 0 aromatic carbocycles. The molecule has 178 valence electrons. The van der Waals surface area contributed by atoms with E-state index in [0.29, 0.717) is 12.3 Å². The molecule has 7 heteroatoms. The number of carboxylic acids is 1. The van der Waals surface area contributed by atoms with Gasteiger partial charge < -0.3 is 19.6 Å². The van der Waals surface area contributed by atoms with E-state index < -0.39 is 32.3 Å². The fourth-order valence-electron chi connectivity index (χ4n) is 3.89. The molecule has 3 atom stereocenters. The van der Waals surface area contributed by atoms with Gasteiger partial charge in [-0.1, -0.05) is 48.5 Å². The van der Waals surface area contributed by atoms with Gasteiger partial charge in [0.2, 0.25) is 0 Å². The number of rotatable bonds is 10. The molecule has 0 aliphatic rings. The molecule has 0 aliphatic carbocycles. The van der Waals surface area contributed by atoms with E-state index >= 15 is 0 Å². The minimum atomic E-state index is -1.63. The van der Waals surface area contributed by atoms with Crippen LogP contribution in [-0.2, 0) is 14.0 Å². The fourth-order valence-corrected chi connectivity index (χ4v) is 5.20. The number of aliphatic carboxylic acids is 1. The van der Waals surface area contributed by atoms with Crippen LogP contribution in [-0.4, -0.2) is 43.5 Å². The van der Waals surface area contributed by atoms with Gasteiger partial charge in [0.15, 0.2) is 14.6 Å². The molecule has 0 heterocycles. The van der Waals surface area contributed by atoms with Crippen LogP contribution in [0.2, 0.25) is 13.1 Å². The topological polar surface area (TPSA) is 84.9 Å². The Bertz CT molecular complexity index is 563. The van der Waals surface area contributed by atoms with Crippen molar-refractivity contribution in [2.45, 2.75) is 112 Å². The van der Waals surface area contributed by atoms with Gasteiger partial charge in [0.05, 0.1) is 0 Å². The fraction of sp³-hybridized carbons (Fsp3) is 0.913. The Balaban J connectivity index is 6.18. The van der Waals surface area contributed by atoms with Crippen molar-refractivity contribution >= 4 is 21.1 Å². The summed E-state index contributed by atoms with van der Waals surface area (Å²) in [4.78, 5) is 25.1. The summed E-state index contributed by atoms with van der Waals surface area (Å²) in [6, 6.07) is -0.227. The van der Waals surface area contributed by atoms with Gasteiger partial charge in [0, 0.05) is 6.04 Å². The first-order chi connectivity index (χ1) is 13.3. The lowest BCUT2D eigenvalue weighted by Crippen LogP contribution is -2.55. The van der Waals surface area contributed by atoms with E-state index in [1.54, 1.807) is 0 Å². The predicted octanol–water partition coefficient (Wildman–Crippen LogP) is 5.46. The van der Waals surface area contributed by atoms with Crippen molar-refractivity contribution in [3.8, 4) is 0 Å². The van der Waals surface area contributed by atoms with E-state index in [-0.39, 0.29) is 23.3 Å². The summed E-state index contributed by atoms with van der Waals surface area (Å²) in [6.07, 6.45) is 0.600. The van der Waals surface area contributed by atoms with Crippen LogP contribution in [0, 0.1) is 23.2 Å². The van der Waals surface area contributed by atoms with E-state index in [2.05, 4.69) is 39.9 Å². The minimum Gasteiger partial charge on any atom is -0.479 e. The lowest BCUT2D eigenvalue weighted by Gasteiger charge is -2.45. The summed E-state index contributed by atoms with van der Waals surface area (Å²) in [6.45, 7) is 23.8. The van der Waals surface area contributed by atoms with Crippen molar-refractivity contribution in [3.05, 3.63) is 0 Å². The van der Waals surface area contributed by atoms with Gasteiger partial charge in [-0.2, -0.15) is 0 Å². The molecule has 0 radical (unpaired) electrons. The molecule has 2 N–H and O–H groups in total. The molecule has 0 aromatic rings. The van der Waals surface area contributed by atoms with Crippen molar-refractivity contribution < 1.29 is 23.9 Å². The number of nitrogens with one attached hydrogen (secondary N) is 1. The summed E-state index contributed by atoms with van der Waals surface area (Å²) >= 11 is 0. The molecule has 0 fully saturated rings. The van der Waals surface area contributed by atoms with Crippen LogP contribution in [0.25, 0.3) is 0 Å². The average Bonchev–Trinajstić information content (AvgIpc) is 2.45. The second-order valence-electron chi connectivity index (χ2n) is 11.6. The number of carbonyl (C=O) groups excluding carboxylic acids is 1. The normalized spacial score (nSPS) is 17.0. The lowest BCUT2D eigenvalue weighted by molar-refractivity contribution is -0.164. The molecule has 1 amide bonds. The lowest BCUT2D eigenvalue weighted by atomic mass is 9.67. The molecule has 0 aliphatic heterocycles. The van der Waals surface area contributed by atoms with E-state index in [1.807, 2.05) is 47.7 Å². The third-order valence-electron chi connectivity index (χ3n) is 5.29. The molecule has 30 heavy (non-hydrogen) atoms. The molecule has 0 saturated heterocycles. The summed E-state index contributed by atoms with van der Waals surface area (Å²) in [5.41, 5.74) is -2.12. The Morgan fingerprint density at radius 1 is 1.00 bits per heavy atom. The maximum Gasteiger partial charge on any atom is 0.407 e. The van der Waals surface area contributed by atoms with Crippen LogP contribution in [0.3, 0.4) is 0 Å². The molecule has 0 rings (SSSR count). The zero-order valence-electron chi connectivity index (χ0n) is 21.4. The SMILES string of the molecule is CC(C)C[C@H](NC(=O)OC(C)(C)C)[C@@H](C[C@@](O[SiH](C)C)(C(=O)O)C(C)C)C(C)(C)C. The van der Waals surface area contributed by atoms with Gasteiger partial charge in [-0.05, 0) is 69.9 Å². The molecule has 0 saturated carbocycles. The van der Waals surface area contributed by atoms with Crippen molar-refractivity contribution in [1.82, 2.24) is 5.32 Å². The van der Waals surface area contributed by atoms with Gasteiger partial charge in [-0.25, -0.2) is 9.59 Å². The highest BCUT2D eigenvalue weighted by molar-refractivity contribution is 6.48. The Hall–Kier alpha value is -1.08.